The topological polar surface area (TPSA) is 0 Å². The van der Waals surface area contributed by atoms with E-state index in [9.17, 15) is 8.78 Å². The first kappa shape index (κ1) is 16.1. The van der Waals surface area contributed by atoms with E-state index in [4.69, 9.17) is 0 Å². The van der Waals surface area contributed by atoms with Crippen LogP contribution in [0.2, 0.25) is 0 Å². The Kier molecular flexibility index (Phi) is 4.76. The second-order valence-corrected chi connectivity index (χ2v) is 5.61. The summed E-state index contributed by atoms with van der Waals surface area (Å²) in [5.41, 5.74) is 5.09. The Balaban J connectivity index is 0.000000861. The number of fused-ring (bicyclic) bond motifs is 1. The standard InChI is InChI=1S/C15H20F2.C2H6/c1-8(2)12-6-9(3)10(4)14-11(5)15(16,17)7-13(12)14;1-2/h6,8,11H,7H2,1-5H3;1-2H3. The van der Waals surface area contributed by atoms with Crippen molar-refractivity contribution < 1.29 is 8.78 Å². The predicted molar refractivity (Wildman–Crippen MR) is 78.4 cm³/mol. The molecule has 1 aliphatic carbocycles. The fourth-order valence-corrected chi connectivity index (χ4v) is 2.92. The van der Waals surface area contributed by atoms with Crippen LogP contribution in [0.15, 0.2) is 6.07 Å². The fraction of sp³-hybridized carbons (Fsp3) is 0.647. The highest BCUT2D eigenvalue weighted by atomic mass is 19.3. The van der Waals surface area contributed by atoms with E-state index in [1.807, 2.05) is 27.7 Å². The molecule has 0 amide bonds. The summed E-state index contributed by atoms with van der Waals surface area (Å²) in [5, 5.41) is 0. The van der Waals surface area contributed by atoms with Gasteiger partial charge in [0.25, 0.3) is 5.92 Å². The summed E-state index contributed by atoms with van der Waals surface area (Å²) in [6.45, 7) is 13.8. The third-order valence-corrected chi connectivity index (χ3v) is 4.14. The molecule has 0 saturated carbocycles. The molecule has 0 aliphatic heterocycles. The molecule has 0 saturated heterocycles. The van der Waals surface area contributed by atoms with Gasteiger partial charge in [0, 0.05) is 12.3 Å². The first-order valence-corrected chi connectivity index (χ1v) is 7.26. The molecule has 108 valence electrons. The quantitative estimate of drug-likeness (QED) is 0.608. The van der Waals surface area contributed by atoms with Gasteiger partial charge >= 0.3 is 0 Å². The van der Waals surface area contributed by atoms with Gasteiger partial charge in [0.1, 0.15) is 0 Å². The Morgan fingerprint density at radius 2 is 1.74 bits per heavy atom. The van der Waals surface area contributed by atoms with Gasteiger partial charge in [-0.05, 0) is 47.6 Å². The van der Waals surface area contributed by atoms with Crippen molar-refractivity contribution >= 4 is 0 Å². The zero-order valence-corrected chi connectivity index (χ0v) is 13.2. The molecule has 1 aromatic rings. The van der Waals surface area contributed by atoms with E-state index in [0.29, 0.717) is 5.92 Å². The summed E-state index contributed by atoms with van der Waals surface area (Å²) in [6.07, 6.45) is -0.0852. The summed E-state index contributed by atoms with van der Waals surface area (Å²) >= 11 is 0. The summed E-state index contributed by atoms with van der Waals surface area (Å²) in [4.78, 5) is 0. The van der Waals surface area contributed by atoms with Crippen LogP contribution in [0.5, 0.6) is 0 Å². The molecule has 0 spiro atoms. The maximum atomic E-state index is 13.9. The summed E-state index contributed by atoms with van der Waals surface area (Å²) < 4.78 is 27.8. The Hall–Kier alpha value is -0.920. The van der Waals surface area contributed by atoms with Crippen molar-refractivity contribution in [2.45, 2.75) is 72.6 Å². The molecule has 1 aliphatic rings. The van der Waals surface area contributed by atoms with Gasteiger partial charge < -0.3 is 0 Å². The van der Waals surface area contributed by atoms with E-state index < -0.39 is 11.8 Å². The molecule has 0 fully saturated rings. The molecular formula is C17H26F2. The lowest BCUT2D eigenvalue weighted by Gasteiger charge is -2.18. The van der Waals surface area contributed by atoms with Gasteiger partial charge in [-0.3, -0.25) is 0 Å². The number of benzene rings is 1. The summed E-state index contributed by atoms with van der Waals surface area (Å²) in [6, 6.07) is 2.09. The minimum atomic E-state index is -2.58. The smallest absolute Gasteiger partial charge is 0.206 e. The number of alkyl halides is 2. The number of halogens is 2. The minimum absolute atomic E-state index is 0.0852. The van der Waals surface area contributed by atoms with E-state index in [-0.39, 0.29) is 6.42 Å². The molecule has 1 aromatic carbocycles. The van der Waals surface area contributed by atoms with E-state index in [2.05, 4.69) is 19.9 Å². The van der Waals surface area contributed by atoms with Gasteiger partial charge in [-0.25, -0.2) is 8.78 Å². The molecule has 1 atom stereocenters. The van der Waals surface area contributed by atoms with Crippen molar-refractivity contribution in [3.05, 3.63) is 33.9 Å². The Morgan fingerprint density at radius 3 is 2.21 bits per heavy atom. The van der Waals surface area contributed by atoms with Crippen molar-refractivity contribution in [2.75, 3.05) is 0 Å². The lowest BCUT2D eigenvalue weighted by Crippen LogP contribution is -2.19. The van der Waals surface area contributed by atoms with Crippen molar-refractivity contribution in [3.8, 4) is 0 Å². The van der Waals surface area contributed by atoms with Crippen LogP contribution in [0, 0.1) is 13.8 Å². The second-order valence-electron chi connectivity index (χ2n) is 5.61. The monoisotopic (exact) mass is 268 g/mol. The molecule has 1 unspecified atom stereocenters. The normalized spacial score (nSPS) is 20.0. The molecule has 2 heteroatoms. The Morgan fingerprint density at radius 1 is 1.21 bits per heavy atom. The molecule has 19 heavy (non-hydrogen) atoms. The maximum absolute atomic E-state index is 13.9. The zero-order valence-electron chi connectivity index (χ0n) is 13.2. The lowest BCUT2D eigenvalue weighted by atomic mass is 9.87. The molecule has 0 N–H and O–H groups in total. The van der Waals surface area contributed by atoms with Crippen molar-refractivity contribution in [1.29, 1.82) is 0 Å². The van der Waals surface area contributed by atoms with Crippen molar-refractivity contribution in [3.63, 3.8) is 0 Å². The molecule has 0 heterocycles. The Labute approximate surface area is 116 Å². The minimum Gasteiger partial charge on any atom is -0.206 e. The summed E-state index contributed by atoms with van der Waals surface area (Å²) in [5.74, 6) is -2.91. The van der Waals surface area contributed by atoms with Gasteiger partial charge in [-0.2, -0.15) is 0 Å². The largest absolute Gasteiger partial charge is 0.258 e. The van der Waals surface area contributed by atoms with Crippen LogP contribution >= 0.6 is 0 Å². The average Bonchev–Trinajstić information content (AvgIpc) is 2.58. The molecule has 0 aromatic heterocycles. The van der Waals surface area contributed by atoms with E-state index >= 15 is 0 Å². The Bertz CT molecular complexity index is 459. The molecular weight excluding hydrogens is 242 g/mol. The summed E-state index contributed by atoms with van der Waals surface area (Å²) in [7, 11) is 0. The molecule has 2 rings (SSSR count). The predicted octanol–water partition coefficient (Wildman–Crippen LogP) is 5.75. The number of hydrogen-bond donors (Lipinski definition) is 0. The second kappa shape index (κ2) is 5.60. The van der Waals surface area contributed by atoms with E-state index in [1.165, 1.54) is 0 Å². The van der Waals surface area contributed by atoms with E-state index in [1.54, 1.807) is 6.92 Å². The molecule has 0 radical (unpaired) electrons. The number of hydrogen-bond acceptors (Lipinski definition) is 0. The van der Waals surface area contributed by atoms with E-state index in [0.717, 1.165) is 27.8 Å². The third kappa shape index (κ3) is 2.68. The highest BCUT2D eigenvalue weighted by molar-refractivity contribution is 5.52. The van der Waals surface area contributed by atoms with Crippen LogP contribution in [-0.2, 0) is 6.42 Å². The molecule has 0 nitrogen and oxygen atoms in total. The van der Waals surface area contributed by atoms with Crippen molar-refractivity contribution in [1.82, 2.24) is 0 Å². The highest BCUT2D eigenvalue weighted by Gasteiger charge is 2.46. The fourth-order valence-electron chi connectivity index (χ4n) is 2.92. The SMILES string of the molecule is CC.Cc1cc(C(C)C)c2c(c1C)C(C)C(F)(F)C2. The van der Waals surface area contributed by atoms with Crippen LogP contribution in [0.3, 0.4) is 0 Å². The lowest BCUT2D eigenvalue weighted by molar-refractivity contribution is -0.0100. The highest BCUT2D eigenvalue weighted by Crippen LogP contribution is 2.48. The van der Waals surface area contributed by atoms with Crippen LogP contribution < -0.4 is 0 Å². The third-order valence-electron chi connectivity index (χ3n) is 4.14. The van der Waals surface area contributed by atoms with Crippen molar-refractivity contribution in [2.24, 2.45) is 0 Å². The number of rotatable bonds is 1. The first-order valence-electron chi connectivity index (χ1n) is 7.26. The van der Waals surface area contributed by atoms with Gasteiger partial charge in [-0.15, -0.1) is 0 Å². The van der Waals surface area contributed by atoms with Crippen LogP contribution in [0.1, 0.15) is 74.3 Å². The maximum Gasteiger partial charge on any atom is 0.258 e. The van der Waals surface area contributed by atoms with Gasteiger partial charge in [-0.1, -0.05) is 40.7 Å². The van der Waals surface area contributed by atoms with Crippen LogP contribution in [-0.4, -0.2) is 5.92 Å². The van der Waals surface area contributed by atoms with Crippen LogP contribution in [0.25, 0.3) is 0 Å². The average molecular weight is 268 g/mol. The first-order chi connectivity index (χ1) is 8.75. The molecule has 0 bridgehead atoms. The zero-order chi connectivity index (χ0) is 15.0. The number of aryl methyl sites for hydroxylation is 1. The van der Waals surface area contributed by atoms with Gasteiger partial charge in [0.05, 0.1) is 0 Å². The van der Waals surface area contributed by atoms with Crippen LogP contribution in [0.4, 0.5) is 8.78 Å². The van der Waals surface area contributed by atoms with Gasteiger partial charge in [0.2, 0.25) is 0 Å². The van der Waals surface area contributed by atoms with Gasteiger partial charge in [0.15, 0.2) is 0 Å².